The first-order valence-electron chi connectivity index (χ1n) is 5.01. The minimum Gasteiger partial charge on any atom is -0.305 e. The van der Waals surface area contributed by atoms with E-state index in [0.717, 1.165) is 0 Å². The molecule has 4 heteroatoms. The SMILES string of the molecule is CC(=O)c1ccc(N2CC(=O)CC2=O)cc1. The Balaban J connectivity index is 2.25. The Hall–Kier alpha value is -1.97. The lowest BCUT2D eigenvalue weighted by atomic mass is 10.1. The number of ketones is 2. The molecule has 1 heterocycles. The number of carbonyl (C=O) groups is 3. The second kappa shape index (κ2) is 3.89. The summed E-state index contributed by atoms with van der Waals surface area (Å²) in [6, 6.07) is 6.70. The maximum absolute atomic E-state index is 11.4. The van der Waals surface area contributed by atoms with Crippen LogP contribution in [0.1, 0.15) is 23.7 Å². The van der Waals surface area contributed by atoms with Crippen molar-refractivity contribution >= 4 is 23.2 Å². The largest absolute Gasteiger partial charge is 0.305 e. The number of Topliss-reactive ketones (excluding diaryl/α,β-unsaturated/α-hetero) is 2. The van der Waals surface area contributed by atoms with E-state index in [4.69, 9.17) is 0 Å². The van der Waals surface area contributed by atoms with Gasteiger partial charge in [0.15, 0.2) is 11.6 Å². The van der Waals surface area contributed by atoms with Gasteiger partial charge in [-0.15, -0.1) is 0 Å². The van der Waals surface area contributed by atoms with Gasteiger partial charge in [-0.25, -0.2) is 0 Å². The summed E-state index contributed by atoms with van der Waals surface area (Å²) in [4.78, 5) is 35.0. The minimum atomic E-state index is -0.180. The van der Waals surface area contributed by atoms with Gasteiger partial charge < -0.3 is 4.90 Å². The molecule has 1 saturated heterocycles. The van der Waals surface area contributed by atoms with Gasteiger partial charge in [0.1, 0.15) is 0 Å². The zero-order valence-electron chi connectivity index (χ0n) is 8.90. The molecule has 0 unspecified atom stereocenters. The molecule has 0 radical (unpaired) electrons. The van der Waals surface area contributed by atoms with E-state index in [2.05, 4.69) is 0 Å². The van der Waals surface area contributed by atoms with Crippen LogP contribution in [-0.2, 0) is 9.59 Å². The minimum absolute atomic E-state index is 0.0182. The summed E-state index contributed by atoms with van der Waals surface area (Å²) in [5, 5.41) is 0. The van der Waals surface area contributed by atoms with Crippen LogP contribution in [0.2, 0.25) is 0 Å². The average molecular weight is 217 g/mol. The predicted octanol–water partition coefficient (Wildman–Crippen LogP) is 1.20. The second-order valence-corrected chi connectivity index (χ2v) is 3.80. The Morgan fingerprint density at radius 2 is 1.81 bits per heavy atom. The number of benzene rings is 1. The predicted molar refractivity (Wildman–Crippen MR) is 58.4 cm³/mol. The topological polar surface area (TPSA) is 54.5 Å². The van der Waals surface area contributed by atoms with Gasteiger partial charge in [-0.05, 0) is 31.2 Å². The highest BCUT2D eigenvalue weighted by atomic mass is 16.2. The molecular formula is C12H11NO3. The van der Waals surface area contributed by atoms with Crippen LogP contribution in [0, 0.1) is 0 Å². The number of amides is 1. The first kappa shape index (κ1) is 10.5. The van der Waals surface area contributed by atoms with Gasteiger partial charge in [0, 0.05) is 11.3 Å². The summed E-state index contributed by atoms with van der Waals surface area (Å²) in [7, 11) is 0. The third-order valence-electron chi connectivity index (χ3n) is 2.57. The molecule has 16 heavy (non-hydrogen) atoms. The van der Waals surface area contributed by atoms with Crippen molar-refractivity contribution in [2.45, 2.75) is 13.3 Å². The van der Waals surface area contributed by atoms with Crippen LogP contribution < -0.4 is 4.90 Å². The van der Waals surface area contributed by atoms with Crippen LogP contribution in [0.25, 0.3) is 0 Å². The smallest absolute Gasteiger partial charge is 0.234 e. The standard InChI is InChI=1S/C12H11NO3/c1-8(14)9-2-4-10(5-3-9)13-7-11(15)6-12(13)16/h2-5H,6-7H2,1H3. The van der Waals surface area contributed by atoms with Crippen molar-refractivity contribution in [2.75, 3.05) is 11.4 Å². The van der Waals surface area contributed by atoms with Crippen molar-refractivity contribution in [3.63, 3.8) is 0 Å². The first-order chi connectivity index (χ1) is 7.58. The van der Waals surface area contributed by atoms with Gasteiger partial charge in [-0.1, -0.05) is 0 Å². The summed E-state index contributed by atoms with van der Waals surface area (Å²) >= 11 is 0. The molecule has 2 rings (SSSR count). The van der Waals surface area contributed by atoms with E-state index in [-0.39, 0.29) is 30.4 Å². The van der Waals surface area contributed by atoms with Crippen molar-refractivity contribution in [1.29, 1.82) is 0 Å². The van der Waals surface area contributed by atoms with E-state index in [1.807, 2.05) is 0 Å². The summed E-state index contributed by atoms with van der Waals surface area (Å²) in [6.45, 7) is 1.62. The summed E-state index contributed by atoms with van der Waals surface area (Å²) < 4.78 is 0. The number of anilines is 1. The van der Waals surface area contributed by atoms with E-state index in [0.29, 0.717) is 11.3 Å². The molecule has 0 aliphatic carbocycles. The van der Waals surface area contributed by atoms with Crippen molar-refractivity contribution in [2.24, 2.45) is 0 Å². The molecular weight excluding hydrogens is 206 g/mol. The third kappa shape index (κ3) is 1.86. The maximum Gasteiger partial charge on any atom is 0.234 e. The Kier molecular flexibility index (Phi) is 2.56. The fourth-order valence-corrected chi connectivity index (χ4v) is 1.70. The molecule has 1 aromatic rings. The number of hydrogen-bond acceptors (Lipinski definition) is 3. The molecule has 1 fully saturated rings. The molecule has 0 saturated carbocycles. The maximum atomic E-state index is 11.4. The number of rotatable bonds is 2. The van der Waals surface area contributed by atoms with E-state index < -0.39 is 0 Å². The van der Waals surface area contributed by atoms with Gasteiger partial charge in [-0.2, -0.15) is 0 Å². The monoisotopic (exact) mass is 217 g/mol. The summed E-state index contributed by atoms with van der Waals surface area (Å²) in [5.74, 6) is -0.267. The third-order valence-corrected chi connectivity index (χ3v) is 2.57. The average Bonchev–Trinajstić information content (AvgIpc) is 2.58. The number of hydrogen-bond donors (Lipinski definition) is 0. The highest BCUT2D eigenvalue weighted by Gasteiger charge is 2.28. The molecule has 1 amide bonds. The lowest BCUT2D eigenvalue weighted by molar-refractivity contribution is -0.121. The van der Waals surface area contributed by atoms with Crippen LogP contribution in [0.5, 0.6) is 0 Å². The zero-order valence-corrected chi connectivity index (χ0v) is 8.90. The molecule has 0 atom stereocenters. The number of nitrogens with zero attached hydrogens (tertiary/aromatic N) is 1. The lowest BCUT2D eigenvalue weighted by Crippen LogP contribution is -2.24. The fourth-order valence-electron chi connectivity index (χ4n) is 1.70. The molecule has 0 aromatic heterocycles. The molecule has 82 valence electrons. The Bertz CT molecular complexity index is 462. The van der Waals surface area contributed by atoms with Crippen molar-refractivity contribution in [1.82, 2.24) is 0 Å². The Morgan fingerprint density at radius 1 is 1.19 bits per heavy atom. The number of carbonyl (C=O) groups excluding carboxylic acids is 3. The summed E-state index contributed by atoms with van der Waals surface area (Å²) in [6.07, 6.45) is -0.0194. The van der Waals surface area contributed by atoms with Crippen LogP contribution >= 0.6 is 0 Å². The normalized spacial score (nSPS) is 15.7. The Labute approximate surface area is 92.9 Å². The second-order valence-electron chi connectivity index (χ2n) is 3.80. The van der Waals surface area contributed by atoms with Crippen molar-refractivity contribution in [3.05, 3.63) is 29.8 Å². The molecule has 4 nitrogen and oxygen atoms in total. The van der Waals surface area contributed by atoms with E-state index >= 15 is 0 Å². The molecule has 0 bridgehead atoms. The molecule has 0 N–H and O–H groups in total. The van der Waals surface area contributed by atoms with E-state index in [1.165, 1.54) is 11.8 Å². The van der Waals surface area contributed by atoms with Crippen LogP contribution in [0.4, 0.5) is 5.69 Å². The quantitative estimate of drug-likeness (QED) is 0.552. The van der Waals surface area contributed by atoms with Gasteiger partial charge in [-0.3, -0.25) is 14.4 Å². The van der Waals surface area contributed by atoms with Gasteiger partial charge >= 0.3 is 0 Å². The van der Waals surface area contributed by atoms with Crippen LogP contribution in [-0.4, -0.2) is 24.0 Å². The van der Waals surface area contributed by atoms with Gasteiger partial charge in [0.25, 0.3) is 0 Å². The van der Waals surface area contributed by atoms with Gasteiger partial charge in [0.2, 0.25) is 5.91 Å². The highest BCUT2D eigenvalue weighted by molar-refractivity contribution is 6.15. The summed E-state index contributed by atoms with van der Waals surface area (Å²) in [5.41, 5.74) is 1.27. The van der Waals surface area contributed by atoms with Crippen molar-refractivity contribution < 1.29 is 14.4 Å². The first-order valence-corrected chi connectivity index (χ1v) is 5.01. The van der Waals surface area contributed by atoms with Crippen molar-refractivity contribution in [3.8, 4) is 0 Å². The van der Waals surface area contributed by atoms with E-state index in [1.54, 1.807) is 24.3 Å². The molecule has 1 aromatic carbocycles. The van der Waals surface area contributed by atoms with Crippen LogP contribution in [0.15, 0.2) is 24.3 Å². The lowest BCUT2D eigenvalue weighted by Gasteiger charge is -2.14. The Morgan fingerprint density at radius 3 is 2.25 bits per heavy atom. The van der Waals surface area contributed by atoms with E-state index in [9.17, 15) is 14.4 Å². The highest BCUT2D eigenvalue weighted by Crippen LogP contribution is 2.20. The molecule has 0 spiro atoms. The van der Waals surface area contributed by atoms with Gasteiger partial charge in [0.05, 0.1) is 13.0 Å². The fraction of sp³-hybridized carbons (Fsp3) is 0.250. The van der Waals surface area contributed by atoms with Crippen LogP contribution in [0.3, 0.4) is 0 Å². The molecule has 1 aliphatic rings. The zero-order chi connectivity index (χ0) is 11.7. The molecule has 1 aliphatic heterocycles.